The molecule has 1 aromatic carbocycles. The molecule has 4 nitrogen and oxygen atoms in total. The molecule has 0 saturated heterocycles. The quantitative estimate of drug-likeness (QED) is 0.656. The molecule has 0 bridgehead atoms. The van der Waals surface area contributed by atoms with Gasteiger partial charge in [-0.3, -0.25) is 0 Å². The van der Waals surface area contributed by atoms with E-state index in [1.807, 2.05) is 0 Å². The van der Waals surface area contributed by atoms with Crippen LogP contribution >= 0.6 is 0 Å². The molecule has 0 saturated carbocycles. The summed E-state index contributed by atoms with van der Waals surface area (Å²) in [5.74, 6) is -1.22. The molecule has 0 atom stereocenters. The van der Waals surface area contributed by atoms with Gasteiger partial charge in [0.1, 0.15) is 11.5 Å². The van der Waals surface area contributed by atoms with Gasteiger partial charge in [0, 0.05) is 0 Å². The number of hydrogen-bond donors (Lipinski definition) is 0. The maximum atomic E-state index is 13.1. The predicted octanol–water partition coefficient (Wildman–Crippen LogP) is 0.965. The van der Waals surface area contributed by atoms with E-state index in [9.17, 15) is 9.18 Å². The molecule has 1 aromatic heterocycles. The van der Waals surface area contributed by atoms with Gasteiger partial charge < -0.3 is 4.42 Å². The van der Waals surface area contributed by atoms with Crippen molar-refractivity contribution in [1.82, 2.24) is 9.78 Å². The first kappa shape index (κ1) is 7.72. The van der Waals surface area contributed by atoms with E-state index >= 15 is 0 Å². The number of para-hydroxylation sites is 1. The van der Waals surface area contributed by atoms with Gasteiger partial charge in [0.25, 0.3) is 0 Å². The summed E-state index contributed by atoms with van der Waals surface area (Å²) < 4.78 is 18.4. The van der Waals surface area contributed by atoms with Gasteiger partial charge in [0.15, 0.2) is 0 Å². The Morgan fingerprint density at radius 3 is 2.77 bits per heavy atom. The first-order valence-electron chi connectivity index (χ1n) is 3.57. The molecule has 2 aromatic rings. The third-order valence-electron chi connectivity index (χ3n) is 1.57. The van der Waals surface area contributed by atoms with Crippen molar-refractivity contribution >= 4 is 0 Å². The zero-order valence-corrected chi connectivity index (χ0v) is 6.48. The lowest BCUT2D eigenvalue weighted by Gasteiger charge is -1.97. The molecule has 0 amide bonds. The average molecular weight is 180 g/mol. The van der Waals surface area contributed by atoms with E-state index < -0.39 is 11.6 Å². The largest absolute Gasteiger partial charge is 0.441 e. The molecule has 0 fully saturated rings. The van der Waals surface area contributed by atoms with Gasteiger partial charge in [-0.25, -0.2) is 9.18 Å². The summed E-state index contributed by atoms with van der Waals surface area (Å²) in [4.78, 5) is 10.9. The summed E-state index contributed by atoms with van der Waals surface area (Å²) in [7, 11) is 0. The molecule has 1 heterocycles. The normalized spacial score (nSPS) is 10.2. The van der Waals surface area contributed by atoms with Crippen LogP contribution in [0.2, 0.25) is 0 Å². The smallest absolute Gasteiger partial charge is 0.395 e. The summed E-state index contributed by atoms with van der Waals surface area (Å²) in [6.07, 6.45) is 0.967. The number of halogens is 1. The van der Waals surface area contributed by atoms with Gasteiger partial charge in [-0.15, -0.1) is 5.10 Å². The van der Waals surface area contributed by atoms with Gasteiger partial charge >= 0.3 is 5.76 Å². The van der Waals surface area contributed by atoms with E-state index in [0.29, 0.717) is 0 Å². The van der Waals surface area contributed by atoms with Crippen molar-refractivity contribution in [1.29, 1.82) is 0 Å². The minimum atomic E-state index is -0.704. The van der Waals surface area contributed by atoms with Crippen molar-refractivity contribution in [2.75, 3.05) is 0 Å². The molecular formula is C8H5FN2O2. The van der Waals surface area contributed by atoms with E-state index in [4.69, 9.17) is 0 Å². The third-order valence-corrected chi connectivity index (χ3v) is 1.57. The van der Waals surface area contributed by atoms with E-state index in [2.05, 4.69) is 9.52 Å². The standard InChI is InChI=1S/C8H5FN2O2/c9-6-3-1-2-4-7(6)11-8(12)13-5-10-11/h1-5H. The molecule has 0 spiro atoms. The minimum Gasteiger partial charge on any atom is -0.395 e. The zero-order chi connectivity index (χ0) is 9.26. The molecule has 0 unspecified atom stereocenters. The fraction of sp³-hybridized carbons (Fsp3) is 0. The van der Waals surface area contributed by atoms with Crippen LogP contribution in [0.4, 0.5) is 4.39 Å². The van der Waals surface area contributed by atoms with Crippen molar-refractivity contribution in [2.24, 2.45) is 0 Å². The first-order chi connectivity index (χ1) is 6.29. The van der Waals surface area contributed by atoms with Crippen LogP contribution in [-0.2, 0) is 0 Å². The lowest BCUT2D eigenvalue weighted by Crippen LogP contribution is -2.14. The summed E-state index contributed by atoms with van der Waals surface area (Å²) >= 11 is 0. The van der Waals surface area contributed by atoms with Gasteiger partial charge in [-0.1, -0.05) is 12.1 Å². The van der Waals surface area contributed by atoms with E-state index in [1.54, 1.807) is 6.07 Å². The molecule has 5 heteroatoms. The van der Waals surface area contributed by atoms with Gasteiger partial charge in [-0.2, -0.15) is 4.68 Å². The lowest BCUT2D eigenvalue weighted by atomic mass is 10.3. The van der Waals surface area contributed by atoms with Crippen molar-refractivity contribution in [2.45, 2.75) is 0 Å². The van der Waals surface area contributed by atoms with Crippen molar-refractivity contribution in [3.05, 3.63) is 47.0 Å². The van der Waals surface area contributed by atoms with Gasteiger partial charge in [0.05, 0.1) is 0 Å². The Labute approximate surface area is 72.2 Å². The van der Waals surface area contributed by atoms with Crippen LogP contribution < -0.4 is 5.76 Å². The molecule has 66 valence electrons. The highest BCUT2D eigenvalue weighted by Gasteiger charge is 2.07. The van der Waals surface area contributed by atoms with Crippen LogP contribution in [0, 0.1) is 5.82 Å². The van der Waals surface area contributed by atoms with Gasteiger partial charge in [0.2, 0.25) is 6.39 Å². The highest BCUT2D eigenvalue weighted by atomic mass is 19.1. The lowest BCUT2D eigenvalue weighted by molar-refractivity contribution is 0.500. The Hall–Kier alpha value is -1.91. The highest BCUT2D eigenvalue weighted by Crippen LogP contribution is 2.08. The van der Waals surface area contributed by atoms with Crippen LogP contribution in [0.5, 0.6) is 0 Å². The number of hydrogen-bond acceptors (Lipinski definition) is 3. The van der Waals surface area contributed by atoms with Crippen molar-refractivity contribution in [3.63, 3.8) is 0 Å². The minimum absolute atomic E-state index is 0.0845. The Morgan fingerprint density at radius 1 is 1.38 bits per heavy atom. The molecule has 0 aliphatic heterocycles. The molecule has 0 N–H and O–H groups in total. The number of rotatable bonds is 1. The molecule has 2 rings (SSSR count). The summed E-state index contributed by atoms with van der Waals surface area (Å²) in [6, 6.07) is 5.83. The Bertz CT molecular complexity index is 475. The monoisotopic (exact) mass is 180 g/mol. The number of aromatic nitrogens is 2. The van der Waals surface area contributed by atoms with Crippen LogP contribution in [-0.4, -0.2) is 9.78 Å². The maximum absolute atomic E-state index is 13.1. The fourth-order valence-corrected chi connectivity index (χ4v) is 0.997. The molecule has 0 radical (unpaired) electrons. The Balaban J connectivity index is 2.66. The maximum Gasteiger partial charge on any atom is 0.441 e. The molecule has 0 aliphatic rings. The van der Waals surface area contributed by atoms with Crippen LogP contribution in [0.3, 0.4) is 0 Å². The van der Waals surface area contributed by atoms with Gasteiger partial charge in [-0.05, 0) is 12.1 Å². The number of nitrogens with zero attached hydrogens (tertiary/aromatic N) is 2. The molecule has 0 aliphatic carbocycles. The van der Waals surface area contributed by atoms with Crippen LogP contribution in [0.15, 0.2) is 39.9 Å². The Morgan fingerprint density at radius 2 is 2.15 bits per heavy atom. The third kappa shape index (κ3) is 1.24. The van der Waals surface area contributed by atoms with Crippen molar-refractivity contribution in [3.8, 4) is 5.69 Å². The second kappa shape index (κ2) is 2.85. The summed E-state index contributed by atoms with van der Waals surface area (Å²) in [5.41, 5.74) is 0.0845. The van der Waals surface area contributed by atoms with Crippen molar-refractivity contribution < 1.29 is 8.81 Å². The average Bonchev–Trinajstić information content (AvgIpc) is 2.52. The Kier molecular flexibility index (Phi) is 1.70. The second-order valence-corrected chi connectivity index (χ2v) is 2.37. The van der Waals surface area contributed by atoms with E-state index in [-0.39, 0.29) is 5.69 Å². The predicted molar refractivity (Wildman–Crippen MR) is 42.1 cm³/mol. The summed E-state index contributed by atoms with van der Waals surface area (Å²) in [6.45, 7) is 0. The van der Waals surface area contributed by atoms with E-state index in [1.165, 1.54) is 18.2 Å². The fourth-order valence-electron chi connectivity index (χ4n) is 0.997. The number of benzene rings is 1. The summed E-state index contributed by atoms with van der Waals surface area (Å²) in [5, 5.41) is 3.54. The SMILES string of the molecule is O=c1ocnn1-c1ccccc1F. The molecule has 13 heavy (non-hydrogen) atoms. The van der Waals surface area contributed by atoms with Crippen LogP contribution in [0.1, 0.15) is 0 Å². The highest BCUT2D eigenvalue weighted by molar-refractivity contribution is 5.31. The topological polar surface area (TPSA) is 48.0 Å². The van der Waals surface area contributed by atoms with E-state index in [0.717, 1.165) is 11.1 Å². The molecular weight excluding hydrogens is 175 g/mol. The zero-order valence-electron chi connectivity index (χ0n) is 6.48. The first-order valence-corrected chi connectivity index (χ1v) is 3.57. The van der Waals surface area contributed by atoms with Crippen LogP contribution in [0.25, 0.3) is 5.69 Å². The second-order valence-electron chi connectivity index (χ2n) is 2.37.